The maximum atomic E-state index is 11.9. The second-order valence-corrected chi connectivity index (χ2v) is 6.20. The van der Waals surface area contributed by atoms with Gasteiger partial charge in [-0.3, -0.25) is 9.80 Å². The van der Waals surface area contributed by atoms with E-state index >= 15 is 0 Å². The van der Waals surface area contributed by atoms with Crippen LogP contribution in [0.4, 0.5) is 11.5 Å². The fourth-order valence-electron chi connectivity index (χ4n) is 2.50. The molecule has 1 aliphatic heterocycles. The van der Waals surface area contributed by atoms with Crippen LogP contribution in [0.25, 0.3) is 0 Å². The van der Waals surface area contributed by atoms with Crippen molar-refractivity contribution in [3.8, 4) is 0 Å². The SMILES string of the molecule is CSc1ncc(C(=O)Cl)c(N(c2ccccc2)N2CCOCC2)n1. The highest BCUT2D eigenvalue weighted by Gasteiger charge is 2.26. The number of hydrazine groups is 1. The first-order chi connectivity index (χ1) is 11.7. The van der Waals surface area contributed by atoms with Crippen LogP contribution in [0.1, 0.15) is 10.4 Å². The summed E-state index contributed by atoms with van der Waals surface area (Å²) in [4.78, 5) is 20.6. The second kappa shape index (κ2) is 7.94. The first-order valence-corrected chi connectivity index (χ1v) is 9.09. The van der Waals surface area contributed by atoms with Crippen molar-refractivity contribution >= 4 is 40.1 Å². The predicted molar refractivity (Wildman–Crippen MR) is 95.0 cm³/mol. The number of para-hydroxylation sites is 1. The second-order valence-electron chi connectivity index (χ2n) is 5.08. The largest absolute Gasteiger partial charge is 0.379 e. The molecule has 1 saturated heterocycles. The molecule has 6 nitrogen and oxygen atoms in total. The van der Waals surface area contributed by atoms with Gasteiger partial charge in [-0.25, -0.2) is 15.0 Å². The van der Waals surface area contributed by atoms with Gasteiger partial charge in [-0.1, -0.05) is 30.0 Å². The molecule has 126 valence electrons. The molecule has 0 saturated carbocycles. The van der Waals surface area contributed by atoms with Crippen molar-refractivity contribution < 1.29 is 9.53 Å². The summed E-state index contributed by atoms with van der Waals surface area (Å²) in [5.74, 6) is 0.488. The van der Waals surface area contributed by atoms with Crippen LogP contribution in [0, 0.1) is 0 Å². The Balaban J connectivity index is 2.12. The number of halogens is 1. The monoisotopic (exact) mass is 364 g/mol. The fourth-order valence-corrected chi connectivity index (χ4v) is 2.97. The number of hydrogen-bond acceptors (Lipinski definition) is 7. The zero-order valence-corrected chi connectivity index (χ0v) is 14.8. The molecule has 24 heavy (non-hydrogen) atoms. The van der Waals surface area contributed by atoms with Gasteiger partial charge in [-0.05, 0) is 30.0 Å². The average Bonchev–Trinajstić information content (AvgIpc) is 2.63. The smallest absolute Gasteiger partial charge is 0.257 e. The standard InChI is InChI=1S/C16H17ClN4O2S/c1-24-16-18-11-13(14(17)22)15(19-16)21(12-5-3-2-4-6-12)20-7-9-23-10-8-20/h2-6,11H,7-10H2,1H3. The minimum atomic E-state index is -0.577. The minimum Gasteiger partial charge on any atom is -0.379 e. The lowest BCUT2D eigenvalue weighted by Crippen LogP contribution is -2.47. The summed E-state index contributed by atoms with van der Waals surface area (Å²) in [5, 5.41) is 4.04. The van der Waals surface area contributed by atoms with E-state index in [0.29, 0.717) is 37.3 Å². The molecule has 2 heterocycles. The van der Waals surface area contributed by atoms with Crippen LogP contribution in [0.3, 0.4) is 0 Å². The van der Waals surface area contributed by atoms with E-state index < -0.39 is 5.24 Å². The molecule has 1 aromatic heterocycles. The van der Waals surface area contributed by atoms with Crippen molar-refractivity contribution in [3.63, 3.8) is 0 Å². The van der Waals surface area contributed by atoms with E-state index in [1.807, 2.05) is 41.6 Å². The Morgan fingerprint density at radius 1 is 1.29 bits per heavy atom. The van der Waals surface area contributed by atoms with E-state index in [-0.39, 0.29) is 5.56 Å². The molecule has 0 bridgehead atoms. The number of anilines is 2. The van der Waals surface area contributed by atoms with Crippen LogP contribution < -0.4 is 5.01 Å². The van der Waals surface area contributed by atoms with E-state index in [2.05, 4.69) is 15.0 Å². The summed E-state index contributed by atoms with van der Waals surface area (Å²) in [7, 11) is 0. The molecule has 0 spiro atoms. The predicted octanol–water partition coefficient (Wildman–Crippen LogP) is 2.96. The van der Waals surface area contributed by atoms with E-state index in [9.17, 15) is 4.79 Å². The molecule has 0 radical (unpaired) electrons. The maximum absolute atomic E-state index is 11.9. The highest BCUT2D eigenvalue weighted by atomic mass is 35.5. The summed E-state index contributed by atoms with van der Waals surface area (Å²) in [5.41, 5.74) is 1.19. The molecule has 0 aliphatic carbocycles. The summed E-state index contributed by atoms with van der Waals surface area (Å²) >= 11 is 7.19. The van der Waals surface area contributed by atoms with Gasteiger partial charge in [-0.15, -0.1) is 0 Å². The van der Waals surface area contributed by atoms with Crippen molar-refractivity contribution in [2.24, 2.45) is 0 Å². The Morgan fingerprint density at radius 2 is 2.00 bits per heavy atom. The number of rotatable bonds is 5. The van der Waals surface area contributed by atoms with Crippen molar-refractivity contribution in [1.29, 1.82) is 0 Å². The van der Waals surface area contributed by atoms with E-state index in [1.165, 1.54) is 18.0 Å². The van der Waals surface area contributed by atoms with Gasteiger partial charge in [0.25, 0.3) is 5.24 Å². The van der Waals surface area contributed by atoms with Gasteiger partial charge in [0.1, 0.15) is 0 Å². The van der Waals surface area contributed by atoms with Gasteiger partial charge in [-0.2, -0.15) is 0 Å². The van der Waals surface area contributed by atoms with Crippen molar-refractivity contribution in [3.05, 3.63) is 42.1 Å². The first kappa shape index (κ1) is 17.2. The van der Waals surface area contributed by atoms with Crippen LogP contribution in [0.2, 0.25) is 0 Å². The highest BCUT2D eigenvalue weighted by molar-refractivity contribution is 7.98. The van der Waals surface area contributed by atoms with Crippen LogP contribution in [-0.2, 0) is 4.74 Å². The Bertz CT molecular complexity index is 710. The molecule has 3 rings (SSSR count). The molecule has 0 N–H and O–H groups in total. The zero-order valence-electron chi connectivity index (χ0n) is 13.2. The van der Waals surface area contributed by atoms with E-state index in [1.54, 1.807) is 0 Å². The topological polar surface area (TPSA) is 58.6 Å². The molecule has 1 aromatic carbocycles. The number of carbonyl (C=O) groups is 1. The highest BCUT2D eigenvalue weighted by Crippen LogP contribution is 2.31. The third-order valence-electron chi connectivity index (χ3n) is 3.61. The maximum Gasteiger partial charge on any atom is 0.257 e. The Kier molecular flexibility index (Phi) is 5.68. The summed E-state index contributed by atoms with van der Waals surface area (Å²) < 4.78 is 5.45. The fraction of sp³-hybridized carbons (Fsp3) is 0.312. The van der Waals surface area contributed by atoms with Crippen LogP contribution in [0.5, 0.6) is 0 Å². The number of morpholine rings is 1. The van der Waals surface area contributed by atoms with E-state index in [0.717, 1.165) is 5.69 Å². The Hall–Kier alpha value is -1.67. The van der Waals surface area contributed by atoms with E-state index in [4.69, 9.17) is 16.3 Å². The van der Waals surface area contributed by atoms with Crippen molar-refractivity contribution in [2.45, 2.75) is 5.16 Å². The lowest BCUT2D eigenvalue weighted by Gasteiger charge is -2.38. The lowest BCUT2D eigenvalue weighted by atomic mass is 10.2. The van der Waals surface area contributed by atoms with Crippen molar-refractivity contribution in [2.75, 3.05) is 37.6 Å². The molecular formula is C16H17ClN4O2S. The summed E-state index contributed by atoms with van der Waals surface area (Å²) in [6, 6.07) is 9.78. The van der Waals surface area contributed by atoms with Crippen LogP contribution in [-0.4, -0.2) is 52.8 Å². The van der Waals surface area contributed by atoms with Gasteiger partial charge in [0.2, 0.25) is 0 Å². The normalized spacial score (nSPS) is 15.2. The molecule has 0 amide bonds. The zero-order chi connectivity index (χ0) is 16.9. The number of benzene rings is 1. The minimum absolute atomic E-state index is 0.282. The number of hydrogen-bond donors (Lipinski definition) is 0. The van der Waals surface area contributed by atoms with Gasteiger partial charge < -0.3 is 4.74 Å². The number of carbonyl (C=O) groups excluding carboxylic acids is 1. The number of aromatic nitrogens is 2. The number of ether oxygens (including phenoxy) is 1. The number of thioether (sulfide) groups is 1. The van der Waals surface area contributed by atoms with Crippen molar-refractivity contribution in [1.82, 2.24) is 15.0 Å². The molecule has 2 aromatic rings. The molecule has 1 aliphatic rings. The molecule has 8 heteroatoms. The third-order valence-corrected chi connectivity index (χ3v) is 4.38. The van der Waals surface area contributed by atoms with Gasteiger partial charge in [0.05, 0.1) is 24.5 Å². The first-order valence-electron chi connectivity index (χ1n) is 7.49. The molecule has 0 unspecified atom stereocenters. The van der Waals surface area contributed by atoms with Gasteiger partial charge in [0.15, 0.2) is 11.0 Å². The Morgan fingerprint density at radius 3 is 2.62 bits per heavy atom. The van der Waals surface area contributed by atoms with Gasteiger partial charge >= 0.3 is 0 Å². The summed E-state index contributed by atoms with van der Waals surface area (Å²) in [6.07, 6.45) is 3.38. The molecule has 0 atom stereocenters. The quantitative estimate of drug-likeness (QED) is 0.459. The Labute approximate surface area is 149 Å². The average molecular weight is 365 g/mol. The molecular weight excluding hydrogens is 348 g/mol. The number of nitrogens with zero attached hydrogens (tertiary/aromatic N) is 4. The molecule has 1 fully saturated rings. The third kappa shape index (κ3) is 3.70. The van der Waals surface area contributed by atoms with Crippen LogP contribution in [0.15, 0.2) is 41.7 Å². The lowest BCUT2D eigenvalue weighted by molar-refractivity contribution is 0.0374. The summed E-state index contributed by atoms with van der Waals surface area (Å²) in [6.45, 7) is 2.63. The van der Waals surface area contributed by atoms with Crippen LogP contribution >= 0.6 is 23.4 Å². The van der Waals surface area contributed by atoms with Gasteiger partial charge in [0, 0.05) is 19.3 Å².